The minimum Gasteiger partial charge on any atom is -0.336 e. The number of aromatic nitrogens is 3. The molecule has 1 amide bonds. The Morgan fingerprint density at radius 1 is 1.27 bits per heavy atom. The SMILES string of the molecule is Cc1nc(C)c(C(=O)N2CCC[C@@H](n3cnc4ccccc4c3=O)C2)s1. The van der Waals surface area contributed by atoms with Crippen molar-refractivity contribution in [3.8, 4) is 0 Å². The smallest absolute Gasteiger partial charge is 0.265 e. The number of carbonyl (C=O) groups excluding carboxylic acids is 1. The molecule has 1 saturated heterocycles. The molecule has 0 saturated carbocycles. The Labute approximate surface area is 155 Å². The summed E-state index contributed by atoms with van der Waals surface area (Å²) in [6.45, 7) is 5.01. The first-order valence-electron chi connectivity index (χ1n) is 8.74. The molecule has 1 atom stereocenters. The zero-order valence-electron chi connectivity index (χ0n) is 14.8. The van der Waals surface area contributed by atoms with Crippen molar-refractivity contribution in [1.29, 1.82) is 0 Å². The number of para-hydroxylation sites is 1. The van der Waals surface area contributed by atoms with Gasteiger partial charge >= 0.3 is 0 Å². The van der Waals surface area contributed by atoms with Crippen LogP contribution >= 0.6 is 11.3 Å². The number of rotatable bonds is 2. The fourth-order valence-electron chi connectivity index (χ4n) is 3.58. The van der Waals surface area contributed by atoms with Gasteiger partial charge < -0.3 is 4.90 Å². The van der Waals surface area contributed by atoms with Crippen LogP contribution in [0, 0.1) is 13.8 Å². The molecule has 3 aromatic rings. The number of piperidine rings is 1. The van der Waals surface area contributed by atoms with Crippen molar-refractivity contribution >= 4 is 28.1 Å². The Hall–Kier alpha value is -2.54. The van der Waals surface area contributed by atoms with E-state index in [1.807, 2.05) is 36.9 Å². The fourth-order valence-corrected chi connectivity index (χ4v) is 4.47. The van der Waals surface area contributed by atoms with Gasteiger partial charge in [-0.2, -0.15) is 0 Å². The van der Waals surface area contributed by atoms with Gasteiger partial charge in [0, 0.05) is 13.1 Å². The Kier molecular flexibility index (Phi) is 4.32. The third kappa shape index (κ3) is 2.92. The first-order valence-corrected chi connectivity index (χ1v) is 9.55. The predicted octanol–water partition coefficient (Wildman–Crippen LogP) is 2.95. The second-order valence-corrected chi connectivity index (χ2v) is 7.87. The van der Waals surface area contributed by atoms with Crippen molar-refractivity contribution in [3.05, 3.63) is 56.5 Å². The van der Waals surface area contributed by atoms with Crippen molar-refractivity contribution < 1.29 is 4.79 Å². The van der Waals surface area contributed by atoms with Gasteiger partial charge in [0.2, 0.25) is 0 Å². The van der Waals surface area contributed by atoms with Gasteiger partial charge in [0.05, 0.1) is 34.0 Å². The van der Waals surface area contributed by atoms with Gasteiger partial charge in [-0.3, -0.25) is 14.2 Å². The molecule has 0 N–H and O–H groups in total. The van der Waals surface area contributed by atoms with Crippen LogP contribution in [0.2, 0.25) is 0 Å². The number of thiazole rings is 1. The lowest BCUT2D eigenvalue weighted by molar-refractivity contribution is 0.0681. The summed E-state index contributed by atoms with van der Waals surface area (Å²) in [5.41, 5.74) is 1.44. The molecule has 1 fully saturated rings. The second-order valence-electron chi connectivity index (χ2n) is 6.67. The fraction of sp³-hybridized carbons (Fsp3) is 0.368. The number of likely N-dealkylation sites (tertiary alicyclic amines) is 1. The van der Waals surface area contributed by atoms with Gasteiger partial charge in [-0.15, -0.1) is 11.3 Å². The normalized spacial score (nSPS) is 17.6. The van der Waals surface area contributed by atoms with Crippen LogP contribution in [0.15, 0.2) is 35.4 Å². The molecule has 4 rings (SSSR count). The number of aryl methyl sites for hydroxylation is 2. The van der Waals surface area contributed by atoms with E-state index in [4.69, 9.17) is 0 Å². The highest BCUT2D eigenvalue weighted by Crippen LogP contribution is 2.25. The Balaban J connectivity index is 1.63. The van der Waals surface area contributed by atoms with E-state index in [9.17, 15) is 9.59 Å². The first kappa shape index (κ1) is 16.9. The van der Waals surface area contributed by atoms with E-state index in [0.29, 0.717) is 28.9 Å². The third-order valence-corrected chi connectivity index (χ3v) is 5.93. The molecule has 0 radical (unpaired) electrons. The second kappa shape index (κ2) is 6.64. The van der Waals surface area contributed by atoms with Crippen LogP contribution in [-0.2, 0) is 0 Å². The van der Waals surface area contributed by atoms with Crippen LogP contribution in [0.3, 0.4) is 0 Å². The average molecular weight is 368 g/mol. The summed E-state index contributed by atoms with van der Waals surface area (Å²) in [5.74, 6) is 0.0135. The van der Waals surface area contributed by atoms with Crippen LogP contribution in [0.4, 0.5) is 0 Å². The van der Waals surface area contributed by atoms with Crippen molar-refractivity contribution in [1.82, 2.24) is 19.4 Å². The van der Waals surface area contributed by atoms with Gasteiger partial charge in [0.15, 0.2) is 0 Å². The summed E-state index contributed by atoms with van der Waals surface area (Å²) >= 11 is 1.43. The molecule has 1 aromatic carbocycles. The largest absolute Gasteiger partial charge is 0.336 e. The molecule has 0 spiro atoms. The first-order chi connectivity index (χ1) is 12.5. The lowest BCUT2D eigenvalue weighted by Crippen LogP contribution is -2.42. The van der Waals surface area contributed by atoms with Crippen LogP contribution in [0.5, 0.6) is 0 Å². The summed E-state index contributed by atoms with van der Waals surface area (Å²) in [4.78, 5) is 37.1. The number of amides is 1. The monoisotopic (exact) mass is 368 g/mol. The number of hydrogen-bond donors (Lipinski definition) is 0. The van der Waals surface area contributed by atoms with Crippen LogP contribution in [0.25, 0.3) is 10.9 Å². The zero-order chi connectivity index (χ0) is 18.3. The molecular weight excluding hydrogens is 348 g/mol. The molecule has 3 heterocycles. The molecule has 26 heavy (non-hydrogen) atoms. The van der Waals surface area contributed by atoms with Crippen LogP contribution in [0.1, 0.15) is 39.3 Å². The van der Waals surface area contributed by atoms with E-state index in [2.05, 4.69) is 9.97 Å². The molecule has 0 aliphatic carbocycles. The van der Waals surface area contributed by atoms with Crippen LogP contribution in [-0.4, -0.2) is 38.4 Å². The van der Waals surface area contributed by atoms with Crippen molar-refractivity contribution in [2.45, 2.75) is 32.7 Å². The maximum absolute atomic E-state index is 12.9. The van der Waals surface area contributed by atoms with E-state index < -0.39 is 0 Å². The molecule has 7 heteroatoms. The number of nitrogens with zero attached hydrogens (tertiary/aromatic N) is 4. The predicted molar refractivity (Wildman–Crippen MR) is 102 cm³/mol. The maximum Gasteiger partial charge on any atom is 0.265 e. The standard InChI is InChI=1S/C19H20N4O2S/c1-12-17(26-13(2)21-12)19(25)22-9-5-6-14(10-22)23-11-20-16-8-4-3-7-15(16)18(23)24/h3-4,7-8,11,14H,5-6,9-10H2,1-2H3/t14-/m1/s1. The highest BCUT2D eigenvalue weighted by Gasteiger charge is 2.28. The highest BCUT2D eigenvalue weighted by atomic mass is 32.1. The molecular formula is C19H20N4O2S. The third-order valence-electron chi connectivity index (χ3n) is 4.87. The Morgan fingerprint density at radius 2 is 2.08 bits per heavy atom. The molecule has 2 aromatic heterocycles. The number of hydrogen-bond acceptors (Lipinski definition) is 5. The Bertz CT molecular complexity index is 1040. The number of fused-ring (bicyclic) bond motifs is 1. The Morgan fingerprint density at radius 3 is 2.85 bits per heavy atom. The van der Waals surface area contributed by atoms with Crippen molar-refractivity contribution in [2.24, 2.45) is 0 Å². The number of carbonyl (C=O) groups is 1. The van der Waals surface area contributed by atoms with Crippen molar-refractivity contribution in [3.63, 3.8) is 0 Å². The van der Waals surface area contributed by atoms with Gasteiger partial charge in [-0.25, -0.2) is 9.97 Å². The van der Waals surface area contributed by atoms with E-state index in [0.717, 1.165) is 23.5 Å². The van der Waals surface area contributed by atoms with Gasteiger partial charge in [-0.05, 0) is 38.8 Å². The number of benzene rings is 1. The highest BCUT2D eigenvalue weighted by molar-refractivity contribution is 7.13. The zero-order valence-corrected chi connectivity index (χ0v) is 15.6. The molecule has 134 valence electrons. The minimum absolute atomic E-state index is 0.0135. The average Bonchev–Trinajstić information content (AvgIpc) is 3.00. The van der Waals surface area contributed by atoms with Gasteiger partial charge in [0.1, 0.15) is 4.88 Å². The van der Waals surface area contributed by atoms with Crippen LogP contribution < -0.4 is 5.56 Å². The molecule has 1 aliphatic rings. The molecule has 0 bridgehead atoms. The van der Waals surface area contributed by atoms with E-state index in [1.54, 1.807) is 17.0 Å². The summed E-state index contributed by atoms with van der Waals surface area (Å²) in [7, 11) is 0. The maximum atomic E-state index is 12.9. The van der Waals surface area contributed by atoms with E-state index >= 15 is 0 Å². The van der Waals surface area contributed by atoms with E-state index in [-0.39, 0.29) is 17.5 Å². The topological polar surface area (TPSA) is 68.1 Å². The lowest BCUT2D eigenvalue weighted by atomic mass is 10.0. The minimum atomic E-state index is -0.0494. The molecule has 6 nitrogen and oxygen atoms in total. The van der Waals surface area contributed by atoms with E-state index in [1.165, 1.54) is 11.3 Å². The lowest BCUT2D eigenvalue weighted by Gasteiger charge is -2.33. The van der Waals surface area contributed by atoms with Gasteiger partial charge in [0.25, 0.3) is 11.5 Å². The molecule has 1 aliphatic heterocycles. The van der Waals surface area contributed by atoms with Crippen molar-refractivity contribution in [2.75, 3.05) is 13.1 Å². The summed E-state index contributed by atoms with van der Waals surface area (Å²) in [5, 5.41) is 1.52. The van der Waals surface area contributed by atoms with Gasteiger partial charge in [-0.1, -0.05) is 12.1 Å². The summed E-state index contributed by atoms with van der Waals surface area (Å²) in [6.07, 6.45) is 3.35. The summed E-state index contributed by atoms with van der Waals surface area (Å²) < 4.78 is 1.69. The quantitative estimate of drug-likeness (QED) is 0.697. The summed E-state index contributed by atoms with van der Waals surface area (Å²) in [6, 6.07) is 7.32. The molecule has 0 unspecified atom stereocenters.